The summed E-state index contributed by atoms with van der Waals surface area (Å²) in [5.41, 5.74) is 3.21. The number of methoxy groups -OCH3 is 1. The number of hydrogen-bond donors (Lipinski definition) is 0. The molecule has 3 heteroatoms. The Labute approximate surface area is 124 Å². The summed E-state index contributed by atoms with van der Waals surface area (Å²) in [5, 5.41) is -0.337. The molecule has 0 saturated carbocycles. The van der Waals surface area contributed by atoms with Gasteiger partial charge in [0.25, 0.3) is 0 Å². The topological polar surface area (TPSA) is 26.3 Å². The van der Waals surface area contributed by atoms with E-state index < -0.39 is 0 Å². The van der Waals surface area contributed by atoms with Crippen LogP contribution in [0.3, 0.4) is 0 Å². The van der Waals surface area contributed by atoms with Crippen LogP contribution < -0.4 is 4.74 Å². The third-order valence-electron chi connectivity index (χ3n) is 3.35. The van der Waals surface area contributed by atoms with Crippen LogP contribution in [0, 0.1) is 6.92 Å². The number of carbonyl (C=O) groups excluding carboxylic acids is 1. The lowest BCUT2D eigenvalue weighted by Gasteiger charge is -2.14. The molecule has 0 heterocycles. The van der Waals surface area contributed by atoms with E-state index in [0.717, 1.165) is 16.9 Å². The molecule has 1 unspecified atom stereocenters. The van der Waals surface area contributed by atoms with E-state index >= 15 is 0 Å². The van der Waals surface area contributed by atoms with Crippen molar-refractivity contribution in [2.24, 2.45) is 0 Å². The quantitative estimate of drug-likeness (QED) is 0.775. The van der Waals surface area contributed by atoms with Crippen LogP contribution in [0.25, 0.3) is 0 Å². The first-order valence-electron chi connectivity index (χ1n) is 6.49. The van der Waals surface area contributed by atoms with Crippen molar-refractivity contribution in [3.05, 3.63) is 65.2 Å². The van der Waals surface area contributed by atoms with Crippen molar-refractivity contribution in [1.29, 1.82) is 0 Å². The van der Waals surface area contributed by atoms with Crippen molar-refractivity contribution in [2.75, 3.05) is 7.11 Å². The predicted molar refractivity (Wildman–Crippen MR) is 81.5 cm³/mol. The van der Waals surface area contributed by atoms with Gasteiger partial charge in [-0.3, -0.25) is 4.79 Å². The summed E-state index contributed by atoms with van der Waals surface area (Å²) < 4.78 is 5.12. The highest BCUT2D eigenvalue weighted by Crippen LogP contribution is 2.25. The zero-order chi connectivity index (χ0) is 14.5. The fourth-order valence-corrected chi connectivity index (χ4v) is 2.33. The van der Waals surface area contributed by atoms with E-state index in [0.29, 0.717) is 6.42 Å². The van der Waals surface area contributed by atoms with E-state index in [4.69, 9.17) is 16.3 Å². The maximum Gasteiger partial charge on any atom is 0.229 e. The number of aryl methyl sites for hydroxylation is 1. The predicted octanol–water partition coefficient (Wildman–Crippen LogP) is 4.10. The standard InChI is InChI=1S/C17H17ClO2/c1-12-3-5-13(6-4-12)11-16(17(18)19)14-7-9-15(20-2)10-8-14/h3-10,16H,11H2,1-2H3. The minimum absolute atomic E-state index is 0.328. The maximum atomic E-state index is 11.7. The Morgan fingerprint density at radius 1 is 1.10 bits per heavy atom. The molecule has 1 atom stereocenters. The van der Waals surface area contributed by atoms with Gasteiger partial charge in [-0.25, -0.2) is 0 Å². The van der Waals surface area contributed by atoms with Crippen LogP contribution in [0.2, 0.25) is 0 Å². The summed E-state index contributed by atoms with van der Waals surface area (Å²) in [5.74, 6) is 0.440. The summed E-state index contributed by atoms with van der Waals surface area (Å²) in [7, 11) is 1.62. The molecule has 0 aliphatic carbocycles. The molecule has 0 bridgehead atoms. The van der Waals surface area contributed by atoms with Crippen LogP contribution in [0.4, 0.5) is 0 Å². The Hall–Kier alpha value is -1.80. The summed E-state index contributed by atoms with van der Waals surface area (Å²) in [6.07, 6.45) is 0.606. The zero-order valence-electron chi connectivity index (χ0n) is 11.6. The highest BCUT2D eigenvalue weighted by molar-refractivity contribution is 6.64. The van der Waals surface area contributed by atoms with E-state index in [1.165, 1.54) is 5.56 Å². The lowest BCUT2D eigenvalue weighted by molar-refractivity contribution is -0.113. The fraction of sp³-hybridized carbons (Fsp3) is 0.235. The Morgan fingerprint density at radius 2 is 1.70 bits per heavy atom. The maximum absolute atomic E-state index is 11.7. The molecule has 0 aliphatic heterocycles. The van der Waals surface area contributed by atoms with Crippen molar-refractivity contribution in [1.82, 2.24) is 0 Å². The van der Waals surface area contributed by atoms with E-state index in [9.17, 15) is 4.79 Å². The average Bonchev–Trinajstić information content (AvgIpc) is 2.46. The Morgan fingerprint density at radius 3 is 2.20 bits per heavy atom. The van der Waals surface area contributed by atoms with Gasteiger partial charge in [0.1, 0.15) is 5.75 Å². The number of rotatable bonds is 5. The average molecular weight is 289 g/mol. The summed E-state index contributed by atoms with van der Waals surface area (Å²) >= 11 is 5.76. The molecule has 2 aromatic rings. The van der Waals surface area contributed by atoms with Gasteiger partial charge in [0.05, 0.1) is 13.0 Å². The molecule has 2 aromatic carbocycles. The van der Waals surface area contributed by atoms with Crippen LogP contribution in [0.5, 0.6) is 5.75 Å². The number of halogens is 1. The normalized spacial score (nSPS) is 11.9. The molecule has 0 aromatic heterocycles. The fourth-order valence-electron chi connectivity index (χ4n) is 2.13. The van der Waals surface area contributed by atoms with Gasteiger partial charge >= 0.3 is 0 Å². The molecule has 0 radical (unpaired) electrons. The van der Waals surface area contributed by atoms with Gasteiger partial charge < -0.3 is 4.74 Å². The number of hydrogen-bond acceptors (Lipinski definition) is 2. The van der Waals surface area contributed by atoms with E-state index in [-0.39, 0.29) is 11.2 Å². The van der Waals surface area contributed by atoms with E-state index in [1.807, 2.05) is 55.5 Å². The summed E-state index contributed by atoms with van der Waals surface area (Å²) in [4.78, 5) is 11.7. The lowest BCUT2D eigenvalue weighted by Crippen LogP contribution is -2.10. The van der Waals surface area contributed by atoms with Crippen LogP contribution in [0.15, 0.2) is 48.5 Å². The van der Waals surface area contributed by atoms with Crippen LogP contribution in [-0.4, -0.2) is 12.4 Å². The van der Waals surface area contributed by atoms with Gasteiger partial charge in [-0.1, -0.05) is 42.0 Å². The molecule has 0 N–H and O–H groups in total. The van der Waals surface area contributed by atoms with Crippen molar-refractivity contribution >= 4 is 16.8 Å². The first kappa shape index (κ1) is 14.6. The van der Waals surface area contributed by atoms with Crippen LogP contribution >= 0.6 is 11.6 Å². The largest absolute Gasteiger partial charge is 0.497 e. The minimum Gasteiger partial charge on any atom is -0.497 e. The van der Waals surface area contributed by atoms with Crippen molar-refractivity contribution in [2.45, 2.75) is 19.3 Å². The van der Waals surface area contributed by atoms with E-state index in [1.54, 1.807) is 7.11 Å². The van der Waals surface area contributed by atoms with Gasteiger partial charge in [-0.05, 0) is 48.2 Å². The molecule has 2 nitrogen and oxygen atoms in total. The molecule has 104 valence electrons. The third-order valence-corrected chi connectivity index (χ3v) is 3.62. The SMILES string of the molecule is COc1ccc(C(Cc2ccc(C)cc2)C(=O)Cl)cc1. The van der Waals surface area contributed by atoms with Gasteiger partial charge in [0.2, 0.25) is 5.24 Å². The Balaban J connectivity index is 2.22. The van der Waals surface area contributed by atoms with Gasteiger partial charge in [0, 0.05) is 0 Å². The molecular weight excluding hydrogens is 272 g/mol. The second kappa shape index (κ2) is 6.58. The Kier molecular flexibility index (Phi) is 4.80. The molecular formula is C17H17ClO2. The van der Waals surface area contributed by atoms with Crippen molar-refractivity contribution in [3.8, 4) is 5.75 Å². The molecule has 2 rings (SSSR count). The first-order chi connectivity index (χ1) is 9.60. The van der Waals surface area contributed by atoms with Gasteiger partial charge in [-0.15, -0.1) is 0 Å². The summed E-state index contributed by atoms with van der Waals surface area (Å²) in [6, 6.07) is 15.6. The van der Waals surface area contributed by atoms with E-state index in [2.05, 4.69) is 0 Å². The van der Waals surface area contributed by atoms with Gasteiger partial charge in [-0.2, -0.15) is 0 Å². The number of carbonyl (C=O) groups is 1. The zero-order valence-corrected chi connectivity index (χ0v) is 12.4. The summed E-state index contributed by atoms with van der Waals surface area (Å²) in [6.45, 7) is 2.04. The monoisotopic (exact) mass is 288 g/mol. The molecule has 0 amide bonds. The van der Waals surface area contributed by atoms with Crippen LogP contribution in [-0.2, 0) is 11.2 Å². The third kappa shape index (κ3) is 3.61. The second-order valence-electron chi connectivity index (χ2n) is 4.82. The number of benzene rings is 2. The lowest BCUT2D eigenvalue weighted by atomic mass is 9.92. The molecule has 0 saturated heterocycles. The molecule has 20 heavy (non-hydrogen) atoms. The highest BCUT2D eigenvalue weighted by Gasteiger charge is 2.19. The molecule has 0 aliphatic rings. The first-order valence-corrected chi connectivity index (χ1v) is 6.87. The van der Waals surface area contributed by atoms with Crippen molar-refractivity contribution < 1.29 is 9.53 Å². The van der Waals surface area contributed by atoms with Crippen LogP contribution in [0.1, 0.15) is 22.6 Å². The molecule has 0 fully saturated rings. The molecule has 0 spiro atoms. The Bertz CT molecular complexity index is 573. The minimum atomic E-state index is -0.337. The van der Waals surface area contributed by atoms with Gasteiger partial charge in [0.15, 0.2) is 0 Å². The van der Waals surface area contributed by atoms with Crippen molar-refractivity contribution in [3.63, 3.8) is 0 Å². The number of ether oxygens (including phenoxy) is 1. The smallest absolute Gasteiger partial charge is 0.229 e. The second-order valence-corrected chi connectivity index (χ2v) is 5.19. The highest BCUT2D eigenvalue weighted by atomic mass is 35.5.